The van der Waals surface area contributed by atoms with Gasteiger partial charge in [0.1, 0.15) is 5.69 Å². The Morgan fingerprint density at radius 1 is 0.952 bits per heavy atom. The molecule has 3 aromatic rings. The molecule has 1 heterocycles. The van der Waals surface area contributed by atoms with Crippen LogP contribution in [0.25, 0.3) is 22.6 Å². The molecule has 21 heavy (non-hydrogen) atoms. The molecule has 3 rings (SSSR count). The second-order valence-electron chi connectivity index (χ2n) is 4.94. The van der Waals surface area contributed by atoms with Crippen molar-refractivity contribution in [1.82, 2.24) is 4.98 Å². The summed E-state index contributed by atoms with van der Waals surface area (Å²) in [7, 11) is 0. The summed E-state index contributed by atoms with van der Waals surface area (Å²) in [5.74, 6) is 0.750. The molecule has 0 aliphatic heterocycles. The average molecular weight is 274 g/mol. The lowest BCUT2D eigenvalue weighted by molar-refractivity contribution is 0.555. The lowest BCUT2D eigenvalue weighted by Crippen LogP contribution is -1.89. The fourth-order valence-corrected chi connectivity index (χ4v) is 2.50. The number of aryl methyl sites for hydroxylation is 2. The zero-order valence-electron chi connectivity index (χ0n) is 11.9. The van der Waals surface area contributed by atoms with Crippen molar-refractivity contribution in [2.75, 3.05) is 0 Å². The minimum Gasteiger partial charge on any atom is -0.428 e. The van der Waals surface area contributed by atoms with Crippen LogP contribution in [0, 0.1) is 25.2 Å². The van der Waals surface area contributed by atoms with Crippen molar-refractivity contribution in [3.63, 3.8) is 0 Å². The zero-order chi connectivity index (χ0) is 14.8. The third-order valence-corrected chi connectivity index (χ3v) is 3.48. The Balaban J connectivity index is 2.29. The SMILES string of the molecule is Cc1cccc(C)c1-c1oc(C#N)nc1-c1ccccc1. The Morgan fingerprint density at radius 3 is 2.24 bits per heavy atom. The molecule has 3 nitrogen and oxygen atoms in total. The van der Waals surface area contributed by atoms with Crippen molar-refractivity contribution >= 4 is 0 Å². The van der Waals surface area contributed by atoms with Gasteiger partial charge in [0.2, 0.25) is 0 Å². The highest BCUT2D eigenvalue weighted by Gasteiger charge is 2.19. The normalized spacial score (nSPS) is 10.3. The van der Waals surface area contributed by atoms with Crippen LogP contribution in [0.2, 0.25) is 0 Å². The quantitative estimate of drug-likeness (QED) is 0.691. The molecule has 0 amide bonds. The third kappa shape index (κ3) is 2.32. The fourth-order valence-electron chi connectivity index (χ4n) is 2.50. The van der Waals surface area contributed by atoms with Crippen molar-refractivity contribution in [3.8, 4) is 28.7 Å². The zero-order valence-corrected chi connectivity index (χ0v) is 11.9. The van der Waals surface area contributed by atoms with Crippen LogP contribution in [-0.4, -0.2) is 4.98 Å². The number of benzene rings is 2. The number of rotatable bonds is 2. The van der Waals surface area contributed by atoms with Gasteiger partial charge in [0, 0.05) is 11.1 Å². The fraction of sp³-hybridized carbons (Fsp3) is 0.111. The predicted molar refractivity (Wildman–Crippen MR) is 81.6 cm³/mol. The van der Waals surface area contributed by atoms with Crippen molar-refractivity contribution in [2.24, 2.45) is 0 Å². The van der Waals surface area contributed by atoms with Crippen LogP contribution in [0.1, 0.15) is 17.0 Å². The van der Waals surface area contributed by atoms with Crippen LogP contribution in [-0.2, 0) is 0 Å². The molecule has 0 radical (unpaired) electrons. The second-order valence-corrected chi connectivity index (χ2v) is 4.94. The van der Waals surface area contributed by atoms with Crippen LogP contribution in [0.4, 0.5) is 0 Å². The van der Waals surface area contributed by atoms with Gasteiger partial charge in [-0.15, -0.1) is 0 Å². The maximum atomic E-state index is 9.10. The molecule has 0 saturated carbocycles. The van der Waals surface area contributed by atoms with Gasteiger partial charge >= 0.3 is 5.89 Å². The van der Waals surface area contributed by atoms with Gasteiger partial charge in [-0.25, -0.2) is 0 Å². The molecule has 0 bridgehead atoms. The molecule has 0 unspecified atom stereocenters. The first-order chi connectivity index (χ1) is 10.2. The number of aromatic nitrogens is 1. The maximum absolute atomic E-state index is 9.10. The molecule has 0 saturated heterocycles. The van der Waals surface area contributed by atoms with Gasteiger partial charge in [-0.05, 0) is 25.0 Å². The molecule has 0 aliphatic carbocycles. The summed E-state index contributed by atoms with van der Waals surface area (Å²) >= 11 is 0. The van der Waals surface area contributed by atoms with Gasteiger partial charge in [0.25, 0.3) is 0 Å². The molecular weight excluding hydrogens is 260 g/mol. The summed E-state index contributed by atoms with van der Waals surface area (Å²) < 4.78 is 5.69. The highest BCUT2D eigenvalue weighted by Crippen LogP contribution is 2.36. The summed E-state index contributed by atoms with van der Waals surface area (Å²) in [6.45, 7) is 4.07. The maximum Gasteiger partial charge on any atom is 0.301 e. The lowest BCUT2D eigenvalue weighted by Gasteiger charge is -2.08. The van der Waals surface area contributed by atoms with E-state index in [4.69, 9.17) is 9.68 Å². The van der Waals surface area contributed by atoms with Crippen LogP contribution in [0.15, 0.2) is 52.9 Å². The summed E-state index contributed by atoms with van der Waals surface area (Å²) in [5, 5.41) is 9.10. The number of oxazole rings is 1. The standard InChI is InChI=1S/C18H14N2O/c1-12-7-6-8-13(2)16(12)18-17(20-15(11-19)21-18)14-9-4-3-5-10-14/h3-10H,1-2H3. The van der Waals surface area contributed by atoms with Crippen molar-refractivity contribution in [1.29, 1.82) is 5.26 Å². The summed E-state index contributed by atoms with van der Waals surface area (Å²) in [6, 6.07) is 17.9. The molecule has 1 aromatic heterocycles. The number of nitrogens with zero attached hydrogens (tertiary/aromatic N) is 2. The molecule has 3 heteroatoms. The minimum atomic E-state index is 0.0894. The van der Waals surface area contributed by atoms with E-state index in [2.05, 4.69) is 4.98 Å². The van der Waals surface area contributed by atoms with Gasteiger partial charge in [-0.1, -0.05) is 48.5 Å². The van der Waals surface area contributed by atoms with Crippen LogP contribution >= 0.6 is 0 Å². The monoisotopic (exact) mass is 274 g/mol. The van der Waals surface area contributed by atoms with Gasteiger partial charge in [0.15, 0.2) is 11.8 Å². The first kappa shape index (κ1) is 13.1. The van der Waals surface area contributed by atoms with E-state index in [1.165, 1.54) is 0 Å². The molecule has 2 aromatic carbocycles. The van der Waals surface area contributed by atoms with Crippen molar-refractivity contribution in [2.45, 2.75) is 13.8 Å². The third-order valence-electron chi connectivity index (χ3n) is 3.48. The van der Waals surface area contributed by atoms with E-state index in [9.17, 15) is 0 Å². The van der Waals surface area contributed by atoms with Gasteiger partial charge in [-0.3, -0.25) is 0 Å². The first-order valence-electron chi connectivity index (χ1n) is 6.73. The van der Waals surface area contributed by atoms with E-state index in [1.807, 2.05) is 68.4 Å². The predicted octanol–water partition coefficient (Wildman–Crippen LogP) is 4.50. The molecular formula is C18H14N2O. The highest BCUT2D eigenvalue weighted by molar-refractivity contribution is 5.80. The van der Waals surface area contributed by atoms with Gasteiger partial charge in [0.05, 0.1) is 0 Å². The van der Waals surface area contributed by atoms with Crippen LogP contribution in [0.3, 0.4) is 0 Å². The lowest BCUT2D eigenvalue weighted by atomic mass is 9.98. The molecule has 0 atom stereocenters. The van der Waals surface area contributed by atoms with Gasteiger partial charge in [-0.2, -0.15) is 10.2 Å². The van der Waals surface area contributed by atoms with Crippen molar-refractivity contribution in [3.05, 3.63) is 65.5 Å². The Bertz CT molecular complexity index is 806. The molecule has 0 fully saturated rings. The van der Waals surface area contributed by atoms with E-state index >= 15 is 0 Å². The smallest absolute Gasteiger partial charge is 0.301 e. The summed E-state index contributed by atoms with van der Waals surface area (Å²) in [5.41, 5.74) is 4.87. The largest absolute Gasteiger partial charge is 0.428 e. The van der Waals surface area contributed by atoms with Gasteiger partial charge < -0.3 is 4.42 Å². The molecule has 0 N–H and O–H groups in total. The van der Waals surface area contributed by atoms with E-state index in [-0.39, 0.29) is 5.89 Å². The number of hydrogen-bond acceptors (Lipinski definition) is 3. The Hall–Kier alpha value is -2.86. The van der Waals surface area contributed by atoms with Crippen molar-refractivity contribution < 1.29 is 4.42 Å². The second kappa shape index (κ2) is 5.26. The Morgan fingerprint density at radius 2 is 1.62 bits per heavy atom. The summed E-state index contributed by atoms with van der Waals surface area (Å²) in [4.78, 5) is 4.33. The first-order valence-corrected chi connectivity index (χ1v) is 6.73. The Kier molecular flexibility index (Phi) is 3.29. The molecule has 0 spiro atoms. The van der Waals surface area contributed by atoms with E-state index in [0.717, 1.165) is 22.3 Å². The van der Waals surface area contributed by atoms with Crippen LogP contribution < -0.4 is 0 Å². The average Bonchev–Trinajstić information content (AvgIpc) is 2.92. The minimum absolute atomic E-state index is 0.0894. The van der Waals surface area contributed by atoms with E-state index in [0.29, 0.717) is 11.5 Å². The topological polar surface area (TPSA) is 49.8 Å². The summed E-state index contributed by atoms with van der Waals surface area (Å²) in [6.07, 6.45) is 0. The number of nitriles is 1. The Labute approximate surface area is 123 Å². The van der Waals surface area contributed by atoms with Crippen LogP contribution in [0.5, 0.6) is 0 Å². The van der Waals surface area contributed by atoms with E-state index < -0.39 is 0 Å². The molecule has 0 aliphatic rings. The van der Waals surface area contributed by atoms with E-state index in [1.54, 1.807) is 0 Å². The highest BCUT2D eigenvalue weighted by atomic mass is 16.4. The molecule has 102 valence electrons. The number of hydrogen-bond donors (Lipinski definition) is 0.